The Hall–Kier alpha value is -1.01. The molecule has 0 spiro atoms. The summed E-state index contributed by atoms with van der Waals surface area (Å²) < 4.78 is 28.4. The van der Waals surface area contributed by atoms with Gasteiger partial charge in [0.2, 0.25) is 0 Å². The number of alkyl halides is 2. The summed E-state index contributed by atoms with van der Waals surface area (Å²) in [7, 11) is 0. The van der Waals surface area contributed by atoms with Crippen molar-refractivity contribution in [2.45, 2.75) is 38.3 Å². The lowest BCUT2D eigenvalue weighted by atomic mass is 10.4. The minimum absolute atomic E-state index is 0.271. The Balaban J connectivity index is 1.62. The van der Waals surface area contributed by atoms with Gasteiger partial charge in [0.05, 0.1) is 6.61 Å². The lowest BCUT2D eigenvalue weighted by molar-refractivity contribution is 0.0183. The van der Waals surface area contributed by atoms with Crippen molar-refractivity contribution in [3.05, 3.63) is 17.7 Å². The molecular weight excluding hydrogens is 228 g/mol. The van der Waals surface area contributed by atoms with Crippen LogP contribution in [0.2, 0.25) is 0 Å². The third-order valence-corrected chi connectivity index (χ3v) is 2.57. The standard InChI is InChI=1S/C11H17F2N3O/c12-10(13)7-17-4-3-11-15-6-9(16-11)5-14-8-1-2-8/h6,8,10,14H,1-5,7H2,(H,15,16). The molecule has 4 nitrogen and oxygen atoms in total. The molecule has 0 saturated heterocycles. The van der Waals surface area contributed by atoms with E-state index < -0.39 is 13.0 Å². The summed E-state index contributed by atoms with van der Waals surface area (Å²) in [5, 5.41) is 3.37. The van der Waals surface area contributed by atoms with Gasteiger partial charge in [0.15, 0.2) is 0 Å². The Labute approximate surface area is 98.8 Å². The predicted octanol–water partition coefficient (Wildman–Crippen LogP) is 1.49. The van der Waals surface area contributed by atoms with Gasteiger partial charge in [-0.15, -0.1) is 0 Å². The molecule has 0 aliphatic heterocycles. The van der Waals surface area contributed by atoms with E-state index in [1.54, 1.807) is 6.20 Å². The van der Waals surface area contributed by atoms with Crippen molar-refractivity contribution < 1.29 is 13.5 Å². The minimum Gasteiger partial charge on any atom is -0.375 e. The summed E-state index contributed by atoms with van der Waals surface area (Å²) in [6, 6.07) is 0.663. The Kier molecular flexibility index (Phi) is 4.44. The molecular formula is C11H17F2N3O. The van der Waals surface area contributed by atoms with Gasteiger partial charge in [-0.05, 0) is 12.8 Å². The van der Waals surface area contributed by atoms with Gasteiger partial charge in [0, 0.05) is 30.9 Å². The molecule has 1 saturated carbocycles. The zero-order chi connectivity index (χ0) is 12.1. The molecule has 0 radical (unpaired) electrons. The number of hydrogen-bond acceptors (Lipinski definition) is 3. The van der Waals surface area contributed by atoms with Crippen molar-refractivity contribution in [1.82, 2.24) is 15.3 Å². The number of hydrogen-bond donors (Lipinski definition) is 2. The number of aromatic amines is 1. The van der Waals surface area contributed by atoms with E-state index in [1.165, 1.54) is 12.8 Å². The lowest BCUT2D eigenvalue weighted by Gasteiger charge is -2.01. The summed E-state index contributed by atoms with van der Waals surface area (Å²) in [6.07, 6.45) is 2.42. The molecule has 0 aromatic carbocycles. The SMILES string of the molecule is FC(F)COCCc1ncc(CNC2CC2)[nH]1. The second kappa shape index (κ2) is 6.07. The first kappa shape index (κ1) is 12.4. The average Bonchev–Trinajstić information content (AvgIpc) is 3.01. The van der Waals surface area contributed by atoms with Crippen LogP contribution in [-0.2, 0) is 17.7 Å². The maximum Gasteiger partial charge on any atom is 0.261 e. The van der Waals surface area contributed by atoms with Crippen molar-refractivity contribution in [1.29, 1.82) is 0 Å². The molecule has 1 heterocycles. The number of rotatable bonds is 8. The minimum atomic E-state index is -2.40. The molecule has 0 amide bonds. The van der Waals surface area contributed by atoms with Crippen LogP contribution in [0.1, 0.15) is 24.4 Å². The van der Waals surface area contributed by atoms with E-state index >= 15 is 0 Å². The number of halogens is 2. The van der Waals surface area contributed by atoms with Gasteiger partial charge in [-0.3, -0.25) is 0 Å². The Morgan fingerprint density at radius 3 is 3.06 bits per heavy atom. The number of ether oxygens (including phenoxy) is 1. The third-order valence-electron chi connectivity index (χ3n) is 2.57. The fraction of sp³-hybridized carbons (Fsp3) is 0.727. The Morgan fingerprint density at radius 1 is 1.53 bits per heavy atom. The normalized spacial score (nSPS) is 15.7. The van der Waals surface area contributed by atoms with Crippen LogP contribution in [0.5, 0.6) is 0 Å². The van der Waals surface area contributed by atoms with E-state index in [2.05, 4.69) is 15.3 Å². The van der Waals surface area contributed by atoms with Crippen molar-refractivity contribution >= 4 is 0 Å². The molecule has 17 heavy (non-hydrogen) atoms. The van der Waals surface area contributed by atoms with E-state index in [4.69, 9.17) is 4.74 Å². The Morgan fingerprint density at radius 2 is 2.35 bits per heavy atom. The van der Waals surface area contributed by atoms with Crippen molar-refractivity contribution in [3.63, 3.8) is 0 Å². The van der Waals surface area contributed by atoms with Gasteiger partial charge in [0.1, 0.15) is 12.4 Å². The number of nitrogens with one attached hydrogen (secondary N) is 2. The van der Waals surface area contributed by atoms with Crippen LogP contribution in [-0.4, -0.2) is 35.6 Å². The summed E-state index contributed by atoms with van der Waals surface area (Å²) >= 11 is 0. The molecule has 1 aliphatic carbocycles. The fourth-order valence-electron chi connectivity index (χ4n) is 1.51. The van der Waals surface area contributed by atoms with Crippen molar-refractivity contribution in [2.75, 3.05) is 13.2 Å². The molecule has 2 N–H and O–H groups in total. The third kappa shape index (κ3) is 4.79. The first-order chi connectivity index (χ1) is 8.24. The van der Waals surface area contributed by atoms with Gasteiger partial charge in [-0.25, -0.2) is 13.8 Å². The summed E-state index contributed by atoms with van der Waals surface area (Å²) in [6.45, 7) is 0.555. The van der Waals surface area contributed by atoms with Gasteiger partial charge in [-0.2, -0.15) is 0 Å². The van der Waals surface area contributed by atoms with E-state index in [0.29, 0.717) is 12.5 Å². The second-order valence-electron chi connectivity index (χ2n) is 4.23. The largest absolute Gasteiger partial charge is 0.375 e. The zero-order valence-corrected chi connectivity index (χ0v) is 9.59. The highest BCUT2D eigenvalue weighted by Gasteiger charge is 2.20. The molecule has 6 heteroatoms. The van der Waals surface area contributed by atoms with Gasteiger partial charge in [0.25, 0.3) is 6.43 Å². The molecule has 1 aliphatic rings. The van der Waals surface area contributed by atoms with Crippen molar-refractivity contribution in [3.8, 4) is 0 Å². The quantitative estimate of drug-likeness (QED) is 0.682. The maximum atomic E-state index is 11.8. The highest BCUT2D eigenvalue weighted by atomic mass is 19.3. The van der Waals surface area contributed by atoms with Crippen LogP contribution in [0, 0.1) is 0 Å². The molecule has 0 atom stereocenters. The Bertz CT molecular complexity index is 339. The fourth-order valence-corrected chi connectivity index (χ4v) is 1.51. The predicted molar refractivity (Wildman–Crippen MR) is 59.0 cm³/mol. The van der Waals surface area contributed by atoms with Crippen LogP contribution in [0.15, 0.2) is 6.20 Å². The average molecular weight is 245 g/mol. The zero-order valence-electron chi connectivity index (χ0n) is 9.59. The van der Waals surface area contributed by atoms with Crippen LogP contribution < -0.4 is 5.32 Å². The molecule has 0 bridgehead atoms. The highest BCUT2D eigenvalue weighted by Crippen LogP contribution is 2.18. The molecule has 0 unspecified atom stereocenters. The molecule has 1 fully saturated rings. The van der Waals surface area contributed by atoms with Crippen molar-refractivity contribution in [2.24, 2.45) is 0 Å². The van der Waals surface area contributed by atoms with Gasteiger partial charge < -0.3 is 15.0 Å². The van der Waals surface area contributed by atoms with Gasteiger partial charge in [-0.1, -0.05) is 0 Å². The number of aromatic nitrogens is 2. The molecule has 1 aromatic rings. The monoisotopic (exact) mass is 245 g/mol. The van der Waals surface area contributed by atoms with Crippen LogP contribution in [0.3, 0.4) is 0 Å². The first-order valence-corrected chi connectivity index (χ1v) is 5.86. The molecule has 96 valence electrons. The van der Waals surface area contributed by atoms with Crippen LogP contribution >= 0.6 is 0 Å². The maximum absolute atomic E-state index is 11.8. The number of nitrogens with zero attached hydrogens (tertiary/aromatic N) is 1. The number of H-pyrrole nitrogens is 1. The van der Waals surface area contributed by atoms with Crippen LogP contribution in [0.4, 0.5) is 8.78 Å². The smallest absolute Gasteiger partial charge is 0.261 e. The van der Waals surface area contributed by atoms with Gasteiger partial charge >= 0.3 is 0 Å². The topological polar surface area (TPSA) is 49.9 Å². The summed E-state index contributed by atoms with van der Waals surface area (Å²) in [5.41, 5.74) is 1.03. The molecule has 2 rings (SSSR count). The second-order valence-corrected chi connectivity index (χ2v) is 4.23. The van der Waals surface area contributed by atoms with E-state index in [-0.39, 0.29) is 6.61 Å². The summed E-state index contributed by atoms with van der Waals surface area (Å²) in [5.74, 6) is 0.784. The molecule has 1 aromatic heterocycles. The highest BCUT2D eigenvalue weighted by molar-refractivity contribution is 5.02. The van der Waals surface area contributed by atoms with E-state index in [0.717, 1.165) is 18.1 Å². The van der Waals surface area contributed by atoms with E-state index in [1.807, 2.05) is 0 Å². The van der Waals surface area contributed by atoms with E-state index in [9.17, 15) is 8.78 Å². The summed E-state index contributed by atoms with van der Waals surface area (Å²) in [4.78, 5) is 7.31. The number of imidazole rings is 1. The lowest BCUT2D eigenvalue weighted by Crippen LogP contribution is -2.15. The first-order valence-electron chi connectivity index (χ1n) is 5.86. The van der Waals surface area contributed by atoms with Crippen LogP contribution in [0.25, 0.3) is 0 Å².